The van der Waals surface area contributed by atoms with Gasteiger partial charge in [-0.25, -0.2) is 4.98 Å². The molecule has 5 heterocycles. The molecule has 1 amide bonds. The van der Waals surface area contributed by atoms with Crippen LogP contribution in [0.4, 0.5) is 0 Å². The molecule has 6 heteroatoms. The number of benzene rings is 1. The Balaban J connectivity index is 1.53. The summed E-state index contributed by atoms with van der Waals surface area (Å²) in [7, 11) is 0. The van der Waals surface area contributed by atoms with Crippen molar-refractivity contribution in [2.24, 2.45) is 5.92 Å². The summed E-state index contributed by atoms with van der Waals surface area (Å²) in [6.45, 7) is 4.90. The number of piperidine rings is 3. The van der Waals surface area contributed by atoms with E-state index in [9.17, 15) is 9.90 Å². The Kier molecular flexibility index (Phi) is 3.79. The molecule has 2 aromatic rings. The molecule has 2 bridgehead atoms. The minimum absolute atomic E-state index is 0.0701. The van der Waals surface area contributed by atoms with Crippen LogP contribution in [0.5, 0.6) is 5.75 Å². The molecule has 26 heavy (non-hydrogen) atoms. The number of nitrogens with zero attached hydrogens (tertiary/aromatic N) is 3. The molecular formula is C20H23N3O2S. The van der Waals surface area contributed by atoms with Crippen molar-refractivity contribution in [1.82, 2.24) is 14.8 Å². The number of aromatic nitrogens is 1. The van der Waals surface area contributed by atoms with Crippen molar-refractivity contribution in [2.75, 3.05) is 19.6 Å². The molecule has 0 unspecified atom stereocenters. The van der Waals surface area contributed by atoms with Gasteiger partial charge in [0, 0.05) is 23.9 Å². The highest BCUT2D eigenvalue weighted by Gasteiger charge is 2.54. The van der Waals surface area contributed by atoms with E-state index in [-0.39, 0.29) is 17.9 Å². The summed E-state index contributed by atoms with van der Waals surface area (Å²) in [6, 6.07) is 8.19. The average molecular weight is 369 g/mol. The van der Waals surface area contributed by atoms with Crippen molar-refractivity contribution >= 4 is 17.2 Å². The van der Waals surface area contributed by atoms with Gasteiger partial charge in [-0.15, -0.1) is 11.3 Å². The third kappa shape index (κ3) is 2.47. The topological polar surface area (TPSA) is 56.7 Å². The second-order valence-electron chi connectivity index (χ2n) is 7.77. The summed E-state index contributed by atoms with van der Waals surface area (Å²) < 4.78 is 0. The van der Waals surface area contributed by atoms with Gasteiger partial charge in [-0.05, 0) is 56.5 Å². The van der Waals surface area contributed by atoms with Crippen LogP contribution in [0.3, 0.4) is 0 Å². The largest absolute Gasteiger partial charge is 0.508 e. The van der Waals surface area contributed by atoms with Gasteiger partial charge < -0.3 is 10.0 Å². The van der Waals surface area contributed by atoms with Gasteiger partial charge in [0.05, 0.1) is 11.0 Å². The Morgan fingerprint density at radius 2 is 2.08 bits per heavy atom. The Bertz CT molecular complexity index is 843. The van der Waals surface area contributed by atoms with Gasteiger partial charge in [0.1, 0.15) is 11.4 Å². The normalized spacial score (nSPS) is 32.7. The fraction of sp³-hybridized carbons (Fsp3) is 0.500. The van der Waals surface area contributed by atoms with E-state index in [4.69, 9.17) is 0 Å². The number of hydrogen-bond donors (Lipinski definition) is 1. The summed E-state index contributed by atoms with van der Waals surface area (Å²) in [5, 5.41) is 12.8. The highest BCUT2D eigenvalue weighted by molar-refractivity contribution is 7.09. The fourth-order valence-corrected chi connectivity index (χ4v) is 5.90. The van der Waals surface area contributed by atoms with Crippen LogP contribution in [0.25, 0.3) is 0 Å². The SMILES string of the molecule is Cc1nc(C(=O)N2C[C@@H](c3cccc(O)c3)[C@@H]3[C@H]2C2CCN3CC2)cs1. The van der Waals surface area contributed by atoms with Gasteiger partial charge in [0.25, 0.3) is 5.91 Å². The van der Waals surface area contributed by atoms with Crippen molar-refractivity contribution in [1.29, 1.82) is 0 Å². The lowest BCUT2D eigenvalue weighted by atomic mass is 9.75. The van der Waals surface area contributed by atoms with E-state index < -0.39 is 0 Å². The standard InChI is InChI=1S/C20H23N3O2S/c1-12-21-17(11-26-12)20(25)23-10-16(14-3-2-4-15(24)9-14)19-18(23)13-5-7-22(19)8-6-13/h2-4,9,11,13,16,18-19,24H,5-8,10H2,1H3/t16-,18+,19+/m0/s1. The van der Waals surface area contributed by atoms with Crippen LogP contribution >= 0.6 is 11.3 Å². The van der Waals surface area contributed by atoms with E-state index >= 15 is 0 Å². The van der Waals surface area contributed by atoms with E-state index in [2.05, 4.69) is 20.9 Å². The Hall–Kier alpha value is -1.92. The molecule has 0 spiro atoms. The number of aromatic hydroxyl groups is 1. The molecule has 4 aliphatic heterocycles. The van der Waals surface area contributed by atoms with Crippen molar-refractivity contribution in [3.63, 3.8) is 0 Å². The monoisotopic (exact) mass is 369 g/mol. The van der Waals surface area contributed by atoms with Gasteiger partial charge in [-0.1, -0.05) is 12.1 Å². The van der Waals surface area contributed by atoms with E-state index in [1.165, 1.54) is 24.2 Å². The smallest absolute Gasteiger partial charge is 0.273 e. The number of thiazole rings is 1. The molecule has 5 nitrogen and oxygen atoms in total. The average Bonchev–Trinajstić information content (AvgIpc) is 3.27. The Morgan fingerprint density at radius 1 is 1.27 bits per heavy atom. The van der Waals surface area contributed by atoms with Crippen LogP contribution in [-0.4, -0.2) is 57.5 Å². The van der Waals surface area contributed by atoms with E-state index in [0.717, 1.165) is 23.7 Å². The van der Waals surface area contributed by atoms with Crippen LogP contribution in [0.15, 0.2) is 29.6 Å². The van der Waals surface area contributed by atoms with Gasteiger partial charge in [0.2, 0.25) is 0 Å². The molecule has 1 aromatic carbocycles. The number of phenols is 1. The van der Waals surface area contributed by atoms with Crippen molar-refractivity contribution in [2.45, 2.75) is 37.8 Å². The molecule has 4 aliphatic rings. The van der Waals surface area contributed by atoms with E-state index in [1.807, 2.05) is 24.4 Å². The molecule has 1 N–H and O–H groups in total. The van der Waals surface area contributed by atoms with Crippen LogP contribution in [0.2, 0.25) is 0 Å². The predicted molar refractivity (Wildman–Crippen MR) is 101 cm³/mol. The van der Waals surface area contributed by atoms with Crippen LogP contribution in [0.1, 0.15) is 39.8 Å². The van der Waals surface area contributed by atoms with Crippen molar-refractivity contribution in [3.05, 3.63) is 45.9 Å². The molecule has 0 saturated carbocycles. The second kappa shape index (κ2) is 6.06. The number of phenolic OH excluding ortho intramolecular Hbond substituents is 1. The molecule has 3 atom stereocenters. The lowest BCUT2D eigenvalue weighted by Crippen LogP contribution is -2.60. The minimum atomic E-state index is 0.0701. The zero-order valence-electron chi connectivity index (χ0n) is 14.8. The van der Waals surface area contributed by atoms with Crippen molar-refractivity contribution < 1.29 is 9.90 Å². The summed E-state index contributed by atoms with van der Waals surface area (Å²) >= 11 is 1.53. The number of likely N-dealkylation sites (tertiary alicyclic amines) is 1. The number of carbonyl (C=O) groups excluding carboxylic acids is 1. The maximum Gasteiger partial charge on any atom is 0.273 e. The highest BCUT2D eigenvalue weighted by atomic mass is 32.1. The molecule has 0 aliphatic carbocycles. The Morgan fingerprint density at radius 3 is 2.77 bits per heavy atom. The summed E-state index contributed by atoms with van der Waals surface area (Å²) in [5.74, 6) is 1.20. The molecule has 4 saturated heterocycles. The predicted octanol–water partition coefficient (Wildman–Crippen LogP) is 2.86. The van der Waals surface area contributed by atoms with Gasteiger partial charge in [-0.2, -0.15) is 0 Å². The first-order chi connectivity index (χ1) is 12.6. The fourth-order valence-electron chi connectivity index (χ4n) is 5.31. The number of rotatable bonds is 2. The molecule has 136 valence electrons. The molecule has 4 fully saturated rings. The van der Waals surface area contributed by atoms with Crippen LogP contribution in [-0.2, 0) is 0 Å². The quantitative estimate of drug-likeness (QED) is 0.884. The molecule has 1 aromatic heterocycles. The molecule has 0 radical (unpaired) electrons. The molecular weight excluding hydrogens is 346 g/mol. The minimum Gasteiger partial charge on any atom is -0.508 e. The summed E-state index contributed by atoms with van der Waals surface area (Å²) in [4.78, 5) is 22.3. The van der Waals surface area contributed by atoms with Gasteiger partial charge in [-0.3, -0.25) is 9.69 Å². The number of fused-ring (bicyclic) bond motifs is 2. The van der Waals surface area contributed by atoms with Gasteiger partial charge in [0.15, 0.2) is 0 Å². The highest BCUT2D eigenvalue weighted by Crippen LogP contribution is 2.47. The number of amides is 1. The maximum absolute atomic E-state index is 13.2. The van der Waals surface area contributed by atoms with Crippen LogP contribution in [0, 0.1) is 12.8 Å². The number of carbonyl (C=O) groups is 1. The summed E-state index contributed by atoms with van der Waals surface area (Å²) in [6.07, 6.45) is 2.35. The van der Waals surface area contributed by atoms with E-state index in [1.54, 1.807) is 6.07 Å². The van der Waals surface area contributed by atoms with Gasteiger partial charge >= 0.3 is 0 Å². The lowest BCUT2D eigenvalue weighted by molar-refractivity contribution is -0.00357. The second-order valence-corrected chi connectivity index (χ2v) is 8.83. The first-order valence-corrected chi connectivity index (χ1v) is 10.3. The van der Waals surface area contributed by atoms with Crippen molar-refractivity contribution in [3.8, 4) is 5.75 Å². The zero-order valence-corrected chi connectivity index (χ0v) is 15.7. The third-order valence-electron chi connectivity index (χ3n) is 6.39. The number of hydrogen-bond acceptors (Lipinski definition) is 5. The Labute approximate surface area is 157 Å². The first-order valence-electron chi connectivity index (χ1n) is 9.38. The zero-order chi connectivity index (χ0) is 17.8. The van der Waals surface area contributed by atoms with E-state index in [0.29, 0.717) is 29.9 Å². The first kappa shape index (κ1) is 16.3. The maximum atomic E-state index is 13.2. The molecule has 6 rings (SSSR count). The summed E-state index contributed by atoms with van der Waals surface area (Å²) in [5.41, 5.74) is 1.72. The number of aryl methyl sites for hydroxylation is 1. The van der Waals surface area contributed by atoms with Crippen LogP contribution < -0.4 is 0 Å². The lowest BCUT2D eigenvalue weighted by Gasteiger charge is -2.51. The third-order valence-corrected chi connectivity index (χ3v) is 7.17.